The van der Waals surface area contributed by atoms with Crippen LogP contribution in [0.15, 0.2) is 116 Å². The third-order valence-corrected chi connectivity index (χ3v) is 6.18. The fraction of sp³-hybridized carbons (Fsp3) is 0.133. The van der Waals surface area contributed by atoms with Crippen LogP contribution in [-0.4, -0.2) is 19.8 Å². The summed E-state index contributed by atoms with van der Waals surface area (Å²) in [4.78, 5) is 0. The van der Waals surface area contributed by atoms with Gasteiger partial charge < -0.3 is 9.47 Å². The minimum absolute atomic E-state index is 0.361. The highest BCUT2D eigenvalue weighted by Gasteiger charge is 2.45. The first-order valence-electron chi connectivity index (χ1n) is 11.0. The Morgan fingerprint density at radius 1 is 0.625 bits per heavy atom. The fourth-order valence-electron chi connectivity index (χ4n) is 4.90. The smallest absolute Gasteiger partial charge is 0.119 e. The summed E-state index contributed by atoms with van der Waals surface area (Å²) in [7, 11) is 0. The molecule has 0 bridgehead atoms. The van der Waals surface area contributed by atoms with Crippen molar-refractivity contribution in [2.75, 3.05) is 19.8 Å². The van der Waals surface area contributed by atoms with E-state index in [2.05, 4.69) is 110 Å². The molecule has 2 heteroatoms. The molecule has 0 fully saturated rings. The van der Waals surface area contributed by atoms with E-state index in [0.717, 1.165) is 5.75 Å². The Hall–Kier alpha value is -3.62. The maximum absolute atomic E-state index is 5.89. The van der Waals surface area contributed by atoms with Crippen LogP contribution in [0.2, 0.25) is 0 Å². The third kappa shape index (κ3) is 3.34. The van der Waals surface area contributed by atoms with Gasteiger partial charge in [-0.15, -0.1) is 6.58 Å². The summed E-state index contributed by atoms with van der Waals surface area (Å²) in [5.74, 6) is 0.846. The Kier molecular flexibility index (Phi) is 5.62. The van der Waals surface area contributed by atoms with Gasteiger partial charge in [0.05, 0.1) is 18.6 Å². The molecule has 32 heavy (non-hydrogen) atoms. The monoisotopic (exact) mass is 418 g/mol. The molecule has 0 heterocycles. The second-order valence-corrected chi connectivity index (χ2v) is 7.94. The Morgan fingerprint density at radius 2 is 1.19 bits per heavy atom. The molecule has 0 aromatic heterocycles. The number of hydrogen-bond donors (Lipinski definition) is 0. The van der Waals surface area contributed by atoms with E-state index in [9.17, 15) is 0 Å². The standard InChI is InChI=1S/C30H26O2/c1-2-20-31-21-22-32-25-18-16-24(17-19-25)30(23-10-4-3-5-11-23)28-14-8-6-12-26(28)27-13-7-9-15-29(27)30/h2-19H,1,20-22H2. The Morgan fingerprint density at radius 3 is 1.81 bits per heavy atom. The van der Waals surface area contributed by atoms with Crippen LogP contribution in [0.3, 0.4) is 0 Å². The molecule has 0 saturated carbocycles. The van der Waals surface area contributed by atoms with E-state index in [-0.39, 0.29) is 5.41 Å². The molecule has 0 amide bonds. The van der Waals surface area contributed by atoms with E-state index < -0.39 is 0 Å². The van der Waals surface area contributed by atoms with Gasteiger partial charge >= 0.3 is 0 Å². The predicted molar refractivity (Wildman–Crippen MR) is 130 cm³/mol. The van der Waals surface area contributed by atoms with Crippen molar-refractivity contribution >= 4 is 0 Å². The minimum Gasteiger partial charge on any atom is -0.491 e. The van der Waals surface area contributed by atoms with Crippen molar-refractivity contribution in [2.24, 2.45) is 0 Å². The molecule has 1 aliphatic rings. The molecule has 158 valence electrons. The number of hydrogen-bond acceptors (Lipinski definition) is 2. The largest absolute Gasteiger partial charge is 0.491 e. The summed E-state index contributed by atoms with van der Waals surface area (Å²) in [6.45, 7) is 5.26. The van der Waals surface area contributed by atoms with Crippen LogP contribution in [0, 0.1) is 0 Å². The number of ether oxygens (including phenoxy) is 2. The summed E-state index contributed by atoms with van der Waals surface area (Å²) in [5, 5.41) is 0. The maximum Gasteiger partial charge on any atom is 0.119 e. The Bertz CT molecular complexity index is 1160. The first kappa shape index (κ1) is 20.3. The van der Waals surface area contributed by atoms with Gasteiger partial charge in [-0.25, -0.2) is 0 Å². The summed E-state index contributed by atoms with van der Waals surface area (Å²) >= 11 is 0. The first-order chi connectivity index (χ1) is 15.9. The summed E-state index contributed by atoms with van der Waals surface area (Å²) in [6.07, 6.45) is 1.75. The lowest BCUT2D eigenvalue weighted by Gasteiger charge is -2.33. The molecular formula is C30H26O2. The Labute approximate surface area is 189 Å². The molecule has 0 N–H and O–H groups in total. The molecule has 4 aromatic carbocycles. The van der Waals surface area contributed by atoms with Gasteiger partial charge in [0.1, 0.15) is 12.4 Å². The van der Waals surface area contributed by atoms with Gasteiger partial charge in [-0.2, -0.15) is 0 Å². The molecule has 4 aromatic rings. The molecule has 5 rings (SSSR count). The summed E-state index contributed by atoms with van der Waals surface area (Å²) in [6, 6.07) is 36.9. The van der Waals surface area contributed by atoms with Gasteiger partial charge in [0.25, 0.3) is 0 Å². The molecule has 0 saturated heterocycles. The van der Waals surface area contributed by atoms with Crippen molar-refractivity contribution in [2.45, 2.75) is 5.41 Å². The third-order valence-electron chi connectivity index (χ3n) is 6.18. The van der Waals surface area contributed by atoms with Crippen molar-refractivity contribution in [3.63, 3.8) is 0 Å². The van der Waals surface area contributed by atoms with Gasteiger partial charge in [0, 0.05) is 0 Å². The quantitative estimate of drug-likeness (QED) is 0.208. The Balaban J connectivity index is 1.61. The van der Waals surface area contributed by atoms with E-state index >= 15 is 0 Å². The average Bonchev–Trinajstić information content (AvgIpc) is 3.16. The predicted octanol–water partition coefficient (Wildman–Crippen LogP) is 6.63. The molecule has 0 unspecified atom stereocenters. The lowest BCUT2D eigenvalue weighted by molar-refractivity contribution is 0.121. The summed E-state index contributed by atoms with van der Waals surface area (Å²) in [5.41, 5.74) is 7.37. The highest BCUT2D eigenvalue weighted by molar-refractivity contribution is 5.86. The second kappa shape index (κ2) is 8.86. The summed E-state index contributed by atoms with van der Waals surface area (Å²) < 4.78 is 11.3. The lowest BCUT2D eigenvalue weighted by Crippen LogP contribution is -2.28. The van der Waals surface area contributed by atoms with E-state index in [0.29, 0.717) is 19.8 Å². The van der Waals surface area contributed by atoms with Gasteiger partial charge in [-0.3, -0.25) is 0 Å². The van der Waals surface area contributed by atoms with E-state index in [4.69, 9.17) is 9.47 Å². The average molecular weight is 419 g/mol. The topological polar surface area (TPSA) is 18.5 Å². The normalized spacial score (nSPS) is 13.2. The molecule has 0 radical (unpaired) electrons. The number of benzene rings is 4. The van der Waals surface area contributed by atoms with Gasteiger partial charge in [-0.1, -0.05) is 97.1 Å². The zero-order valence-electron chi connectivity index (χ0n) is 18.0. The van der Waals surface area contributed by atoms with E-state index in [1.165, 1.54) is 33.4 Å². The number of rotatable bonds is 8. The van der Waals surface area contributed by atoms with Gasteiger partial charge in [-0.05, 0) is 45.5 Å². The SMILES string of the molecule is C=CCOCCOc1ccc(C2(c3ccccc3)c3ccccc3-c3ccccc32)cc1. The molecule has 0 spiro atoms. The van der Waals surface area contributed by atoms with Crippen LogP contribution in [0.5, 0.6) is 5.75 Å². The zero-order chi connectivity index (χ0) is 21.8. The van der Waals surface area contributed by atoms with Crippen molar-refractivity contribution in [3.8, 4) is 16.9 Å². The van der Waals surface area contributed by atoms with Crippen LogP contribution in [0.25, 0.3) is 11.1 Å². The van der Waals surface area contributed by atoms with E-state index in [1.807, 2.05) is 0 Å². The van der Waals surface area contributed by atoms with Crippen molar-refractivity contribution < 1.29 is 9.47 Å². The van der Waals surface area contributed by atoms with Crippen LogP contribution in [-0.2, 0) is 10.2 Å². The maximum atomic E-state index is 5.89. The van der Waals surface area contributed by atoms with Crippen LogP contribution < -0.4 is 4.74 Å². The fourth-order valence-corrected chi connectivity index (χ4v) is 4.90. The number of fused-ring (bicyclic) bond motifs is 3. The zero-order valence-corrected chi connectivity index (χ0v) is 18.0. The van der Waals surface area contributed by atoms with Gasteiger partial charge in [0.2, 0.25) is 0 Å². The minimum atomic E-state index is -0.361. The molecule has 0 aliphatic heterocycles. The van der Waals surface area contributed by atoms with Crippen LogP contribution >= 0.6 is 0 Å². The first-order valence-corrected chi connectivity index (χ1v) is 11.0. The van der Waals surface area contributed by atoms with E-state index in [1.54, 1.807) is 6.08 Å². The highest BCUT2D eigenvalue weighted by Crippen LogP contribution is 2.55. The molecule has 0 atom stereocenters. The highest BCUT2D eigenvalue weighted by atomic mass is 16.5. The second-order valence-electron chi connectivity index (χ2n) is 7.94. The molecule has 1 aliphatic carbocycles. The van der Waals surface area contributed by atoms with Crippen LogP contribution in [0.1, 0.15) is 22.3 Å². The lowest BCUT2D eigenvalue weighted by atomic mass is 9.68. The molecule has 2 nitrogen and oxygen atoms in total. The van der Waals surface area contributed by atoms with Crippen molar-refractivity contribution in [1.29, 1.82) is 0 Å². The molecular weight excluding hydrogens is 392 g/mol. The van der Waals surface area contributed by atoms with Crippen molar-refractivity contribution in [1.82, 2.24) is 0 Å². The van der Waals surface area contributed by atoms with Gasteiger partial charge in [0.15, 0.2) is 0 Å². The van der Waals surface area contributed by atoms with Crippen molar-refractivity contribution in [3.05, 3.63) is 138 Å². The van der Waals surface area contributed by atoms with Crippen LogP contribution in [0.4, 0.5) is 0 Å².